The number of hydrogen-bond acceptors (Lipinski definition) is 3. The molecular formula is C8H12N2O. The van der Waals surface area contributed by atoms with Crippen molar-refractivity contribution >= 4 is 0 Å². The van der Waals surface area contributed by atoms with Gasteiger partial charge in [0.05, 0.1) is 25.0 Å². The molecule has 0 aliphatic heterocycles. The van der Waals surface area contributed by atoms with Crippen molar-refractivity contribution in [2.75, 3.05) is 6.61 Å². The standard InChI is InChI=1S/C5H10O.C3H2N2/c1-3-5-6-4-2;4-2-1-3-5/h3,5H,4H2,1-2H3;1H2/b5-3+;. The molecule has 0 aromatic heterocycles. The number of ether oxygens (including phenoxy) is 1. The minimum Gasteiger partial charge on any atom is -0.502 e. The Kier molecular flexibility index (Phi) is 17.6. The highest BCUT2D eigenvalue weighted by molar-refractivity contribution is 4.85. The molecule has 3 heteroatoms. The first-order chi connectivity index (χ1) is 5.33. The Hall–Kier alpha value is -1.48. The molecule has 11 heavy (non-hydrogen) atoms. The lowest BCUT2D eigenvalue weighted by Gasteiger charge is -1.86. The maximum atomic E-state index is 7.59. The van der Waals surface area contributed by atoms with Crippen LogP contribution >= 0.6 is 0 Å². The Morgan fingerprint density at radius 1 is 1.36 bits per heavy atom. The Morgan fingerprint density at radius 3 is 2.00 bits per heavy atom. The highest BCUT2D eigenvalue weighted by Crippen LogP contribution is 1.71. The molecular weight excluding hydrogens is 140 g/mol. The van der Waals surface area contributed by atoms with Gasteiger partial charge in [0.25, 0.3) is 0 Å². The van der Waals surface area contributed by atoms with Gasteiger partial charge in [0.1, 0.15) is 6.42 Å². The van der Waals surface area contributed by atoms with Crippen LogP contribution in [0.15, 0.2) is 12.3 Å². The van der Waals surface area contributed by atoms with E-state index in [9.17, 15) is 0 Å². The summed E-state index contributed by atoms with van der Waals surface area (Å²) in [6.07, 6.45) is 3.55. The second kappa shape index (κ2) is 15.8. The third-order valence-electron chi connectivity index (χ3n) is 0.557. The molecule has 0 amide bonds. The zero-order chi connectivity index (χ0) is 8.95. The van der Waals surface area contributed by atoms with E-state index in [0.29, 0.717) is 0 Å². The monoisotopic (exact) mass is 152 g/mol. The van der Waals surface area contributed by atoms with Crippen molar-refractivity contribution < 1.29 is 4.74 Å². The molecule has 0 spiro atoms. The quantitative estimate of drug-likeness (QED) is 0.568. The van der Waals surface area contributed by atoms with Crippen molar-refractivity contribution in [3.8, 4) is 12.1 Å². The van der Waals surface area contributed by atoms with Gasteiger partial charge in [0.15, 0.2) is 0 Å². The van der Waals surface area contributed by atoms with Gasteiger partial charge in [-0.2, -0.15) is 10.5 Å². The normalized spacial score (nSPS) is 7.27. The lowest BCUT2D eigenvalue weighted by atomic mass is 10.5. The van der Waals surface area contributed by atoms with Gasteiger partial charge in [-0.15, -0.1) is 0 Å². The highest BCUT2D eigenvalue weighted by Gasteiger charge is 1.61. The molecule has 0 rings (SSSR count). The molecule has 0 N–H and O–H groups in total. The Bertz CT molecular complexity index is 150. The van der Waals surface area contributed by atoms with Crippen LogP contribution in [0.3, 0.4) is 0 Å². The molecule has 0 fully saturated rings. The van der Waals surface area contributed by atoms with E-state index in [2.05, 4.69) is 0 Å². The van der Waals surface area contributed by atoms with E-state index < -0.39 is 0 Å². The van der Waals surface area contributed by atoms with Crippen LogP contribution in [-0.2, 0) is 4.74 Å². The summed E-state index contributed by atoms with van der Waals surface area (Å²) in [5.74, 6) is 0. The molecule has 0 saturated carbocycles. The molecule has 3 nitrogen and oxygen atoms in total. The Morgan fingerprint density at radius 2 is 1.91 bits per heavy atom. The largest absolute Gasteiger partial charge is 0.502 e. The van der Waals surface area contributed by atoms with Crippen LogP contribution in [0.2, 0.25) is 0 Å². The van der Waals surface area contributed by atoms with E-state index in [4.69, 9.17) is 15.3 Å². The summed E-state index contributed by atoms with van der Waals surface area (Å²) < 4.78 is 4.80. The number of hydrogen-bond donors (Lipinski definition) is 0. The van der Waals surface area contributed by atoms with E-state index >= 15 is 0 Å². The van der Waals surface area contributed by atoms with E-state index in [1.54, 1.807) is 18.4 Å². The molecule has 0 aromatic rings. The number of allylic oxidation sites excluding steroid dienone is 1. The average molecular weight is 152 g/mol. The first-order valence-electron chi connectivity index (χ1n) is 3.30. The molecule has 0 unspecified atom stereocenters. The smallest absolute Gasteiger partial charge is 0.122 e. The molecule has 0 aliphatic rings. The van der Waals surface area contributed by atoms with Crippen molar-refractivity contribution in [1.82, 2.24) is 0 Å². The average Bonchev–Trinajstić information content (AvgIpc) is 2.04. The summed E-state index contributed by atoms with van der Waals surface area (Å²) in [6.45, 7) is 4.65. The fourth-order valence-corrected chi connectivity index (χ4v) is 0.228. The fraction of sp³-hybridized carbons (Fsp3) is 0.500. The van der Waals surface area contributed by atoms with Crippen LogP contribution in [-0.4, -0.2) is 6.61 Å². The number of rotatable bonds is 2. The summed E-state index contributed by atoms with van der Waals surface area (Å²) in [7, 11) is 0. The van der Waals surface area contributed by atoms with Crippen molar-refractivity contribution in [1.29, 1.82) is 10.5 Å². The van der Waals surface area contributed by atoms with Gasteiger partial charge in [-0.25, -0.2) is 0 Å². The lowest BCUT2D eigenvalue weighted by Crippen LogP contribution is -1.73. The van der Waals surface area contributed by atoms with E-state index in [-0.39, 0.29) is 6.42 Å². The molecule has 0 heterocycles. The van der Waals surface area contributed by atoms with Gasteiger partial charge in [0.2, 0.25) is 0 Å². The summed E-state index contributed by atoms with van der Waals surface area (Å²) in [5, 5.41) is 15.2. The first kappa shape index (κ1) is 12.2. The van der Waals surface area contributed by atoms with Crippen LogP contribution in [0.4, 0.5) is 0 Å². The third-order valence-corrected chi connectivity index (χ3v) is 0.557. The van der Waals surface area contributed by atoms with Gasteiger partial charge in [-0.3, -0.25) is 0 Å². The van der Waals surface area contributed by atoms with Crippen molar-refractivity contribution in [2.24, 2.45) is 0 Å². The van der Waals surface area contributed by atoms with Gasteiger partial charge >= 0.3 is 0 Å². The molecule has 0 atom stereocenters. The summed E-state index contributed by atoms with van der Waals surface area (Å²) >= 11 is 0. The van der Waals surface area contributed by atoms with Crippen LogP contribution < -0.4 is 0 Å². The third kappa shape index (κ3) is 29.2. The zero-order valence-electron chi connectivity index (χ0n) is 6.87. The van der Waals surface area contributed by atoms with Crippen LogP contribution in [0, 0.1) is 22.7 Å². The number of nitrogens with zero attached hydrogens (tertiary/aromatic N) is 2. The molecule has 0 saturated heterocycles. The Balaban J connectivity index is 0. The summed E-state index contributed by atoms with van der Waals surface area (Å²) in [4.78, 5) is 0. The highest BCUT2D eigenvalue weighted by atomic mass is 16.5. The predicted octanol–water partition coefficient (Wildman–Crippen LogP) is 1.98. The summed E-state index contributed by atoms with van der Waals surface area (Å²) in [5.41, 5.74) is 0. The van der Waals surface area contributed by atoms with Gasteiger partial charge in [-0.05, 0) is 13.8 Å². The molecule has 60 valence electrons. The second-order valence-electron chi connectivity index (χ2n) is 1.42. The maximum Gasteiger partial charge on any atom is 0.122 e. The topological polar surface area (TPSA) is 56.8 Å². The summed E-state index contributed by atoms with van der Waals surface area (Å²) in [6, 6.07) is 3.31. The molecule has 0 radical (unpaired) electrons. The van der Waals surface area contributed by atoms with Crippen molar-refractivity contribution in [3.05, 3.63) is 12.3 Å². The Labute approximate surface area is 67.5 Å². The van der Waals surface area contributed by atoms with Crippen LogP contribution in [0.1, 0.15) is 20.3 Å². The van der Waals surface area contributed by atoms with Crippen molar-refractivity contribution in [2.45, 2.75) is 20.3 Å². The lowest BCUT2D eigenvalue weighted by molar-refractivity contribution is 0.269. The van der Waals surface area contributed by atoms with Gasteiger partial charge in [0, 0.05) is 0 Å². The molecule has 0 aromatic carbocycles. The first-order valence-corrected chi connectivity index (χ1v) is 3.30. The maximum absolute atomic E-state index is 7.59. The minimum atomic E-state index is 0. The number of nitriles is 2. The molecule has 0 aliphatic carbocycles. The fourth-order valence-electron chi connectivity index (χ4n) is 0.228. The second-order valence-corrected chi connectivity index (χ2v) is 1.42. The van der Waals surface area contributed by atoms with Crippen LogP contribution in [0.25, 0.3) is 0 Å². The minimum absolute atomic E-state index is 0. The predicted molar refractivity (Wildman–Crippen MR) is 42.3 cm³/mol. The van der Waals surface area contributed by atoms with E-state index in [0.717, 1.165) is 6.61 Å². The van der Waals surface area contributed by atoms with E-state index in [1.807, 2.05) is 19.9 Å². The SMILES string of the molecule is C/C=C/OCC.N#CCC#N. The van der Waals surface area contributed by atoms with Crippen molar-refractivity contribution in [3.63, 3.8) is 0 Å². The van der Waals surface area contributed by atoms with E-state index in [1.165, 1.54) is 0 Å². The molecule has 0 bridgehead atoms. The van der Waals surface area contributed by atoms with Crippen LogP contribution in [0.5, 0.6) is 0 Å². The van der Waals surface area contributed by atoms with Gasteiger partial charge < -0.3 is 4.74 Å². The zero-order valence-corrected chi connectivity index (χ0v) is 6.87. The van der Waals surface area contributed by atoms with Gasteiger partial charge in [-0.1, -0.05) is 6.08 Å².